The number of alkyl halides is 3. The Kier molecular flexibility index (Phi) is 4.68. The van der Waals surface area contributed by atoms with E-state index >= 15 is 0 Å². The second-order valence-corrected chi connectivity index (χ2v) is 4.94. The summed E-state index contributed by atoms with van der Waals surface area (Å²) in [5.41, 5.74) is 5.19. The first kappa shape index (κ1) is 13.4. The van der Waals surface area contributed by atoms with Crippen LogP contribution < -0.4 is 5.73 Å². The molecule has 1 atom stereocenters. The zero-order valence-corrected chi connectivity index (χ0v) is 9.74. The third kappa shape index (κ3) is 3.72. The van der Waals surface area contributed by atoms with Gasteiger partial charge in [-0.25, -0.2) is 0 Å². The molecule has 0 radical (unpaired) electrons. The maximum Gasteiger partial charge on any atom is 0.416 e. The molecule has 2 N–H and O–H groups in total. The van der Waals surface area contributed by atoms with E-state index in [0.29, 0.717) is 17.9 Å². The van der Waals surface area contributed by atoms with E-state index in [-0.39, 0.29) is 5.25 Å². The van der Waals surface area contributed by atoms with Crippen LogP contribution >= 0.6 is 11.8 Å². The lowest BCUT2D eigenvalue weighted by Gasteiger charge is -2.14. The zero-order valence-electron chi connectivity index (χ0n) is 8.92. The lowest BCUT2D eigenvalue weighted by Crippen LogP contribution is -2.14. The van der Waals surface area contributed by atoms with Gasteiger partial charge in [-0.1, -0.05) is 25.1 Å². The van der Waals surface area contributed by atoms with Gasteiger partial charge in [0, 0.05) is 17.5 Å². The molecule has 16 heavy (non-hydrogen) atoms. The normalized spacial score (nSPS) is 13.8. The summed E-state index contributed by atoms with van der Waals surface area (Å²) in [6.07, 6.45) is -4.27. The van der Waals surface area contributed by atoms with Gasteiger partial charge in [-0.05, 0) is 11.6 Å². The summed E-state index contributed by atoms with van der Waals surface area (Å²) in [6, 6.07) is 5.66. The topological polar surface area (TPSA) is 26.0 Å². The molecule has 1 unspecified atom stereocenters. The molecule has 1 rings (SSSR count). The molecule has 1 aromatic rings. The van der Waals surface area contributed by atoms with E-state index < -0.39 is 11.7 Å². The van der Waals surface area contributed by atoms with Gasteiger partial charge in [-0.15, -0.1) is 0 Å². The summed E-state index contributed by atoms with van der Waals surface area (Å²) in [5.74, 6) is 0.341. The highest BCUT2D eigenvalue weighted by Gasteiger charge is 2.32. The van der Waals surface area contributed by atoms with Crippen LogP contribution in [-0.4, -0.2) is 11.8 Å². The SMILES string of the molecule is CC(CN)SCc1ccccc1C(F)(F)F. The molecule has 0 spiro atoms. The molecule has 1 aromatic carbocycles. The first-order valence-electron chi connectivity index (χ1n) is 4.92. The van der Waals surface area contributed by atoms with Crippen molar-refractivity contribution in [2.45, 2.75) is 24.1 Å². The predicted octanol–water partition coefficient (Wildman–Crippen LogP) is 3.29. The summed E-state index contributed by atoms with van der Waals surface area (Å²) in [6.45, 7) is 2.37. The highest BCUT2D eigenvalue weighted by molar-refractivity contribution is 7.99. The fraction of sp³-hybridized carbons (Fsp3) is 0.455. The molecule has 0 aromatic heterocycles. The number of thioether (sulfide) groups is 1. The lowest BCUT2D eigenvalue weighted by molar-refractivity contribution is -0.138. The van der Waals surface area contributed by atoms with Crippen molar-refractivity contribution in [1.82, 2.24) is 0 Å². The fourth-order valence-corrected chi connectivity index (χ4v) is 2.07. The van der Waals surface area contributed by atoms with Gasteiger partial charge in [0.05, 0.1) is 5.56 Å². The molecule has 0 aliphatic carbocycles. The maximum atomic E-state index is 12.6. The van der Waals surface area contributed by atoms with Gasteiger partial charge in [0.25, 0.3) is 0 Å². The molecule has 5 heteroatoms. The molecule has 0 aliphatic heterocycles. The molecule has 90 valence electrons. The minimum Gasteiger partial charge on any atom is -0.329 e. The van der Waals surface area contributed by atoms with Crippen LogP contribution in [0.15, 0.2) is 24.3 Å². The third-order valence-corrected chi connectivity index (χ3v) is 3.42. The average Bonchev–Trinajstić information content (AvgIpc) is 2.25. The van der Waals surface area contributed by atoms with Crippen LogP contribution in [0.3, 0.4) is 0 Å². The number of benzene rings is 1. The first-order chi connectivity index (χ1) is 7.45. The Bertz CT molecular complexity index is 338. The first-order valence-corrected chi connectivity index (χ1v) is 5.96. The number of nitrogens with two attached hydrogens (primary N) is 1. The van der Waals surface area contributed by atoms with Crippen molar-refractivity contribution in [3.8, 4) is 0 Å². The van der Waals surface area contributed by atoms with E-state index in [9.17, 15) is 13.2 Å². The van der Waals surface area contributed by atoms with E-state index in [1.54, 1.807) is 6.07 Å². The van der Waals surface area contributed by atoms with E-state index in [1.165, 1.54) is 23.9 Å². The van der Waals surface area contributed by atoms with Crippen molar-refractivity contribution in [3.05, 3.63) is 35.4 Å². The van der Waals surface area contributed by atoms with Gasteiger partial charge in [0.15, 0.2) is 0 Å². The molecular formula is C11H14F3NS. The lowest BCUT2D eigenvalue weighted by atomic mass is 10.1. The summed E-state index contributed by atoms with van der Waals surface area (Å²) in [7, 11) is 0. The number of hydrogen-bond acceptors (Lipinski definition) is 2. The van der Waals surface area contributed by atoms with E-state index in [4.69, 9.17) is 5.73 Å². The quantitative estimate of drug-likeness (QED) is 0.886. The number of hydrogen-bond donors (Lipinski definition) is 1. The van der Waals surface area contributed by atoms with Crippen molar-refractivity contribution in [2.24, 2.45) is 5.73 Å². The van der Waals surface area contributed by atoms with E-state index in [0.717, 1.165) is 6.07 Å². The smallest absolute Gasteiger partial charge is 0.329 e. The molecule has 1 nitrogen and oxygen atoms in total. The van der Waals surface area contributed by atoms with Crippen LogP contribution in [0, 0.1) is 0 Å². The largest absolute Gasteiger partial charge is 0.416 e. The van der Waals surface area contributed by atoms with Crippen molar-refractivity contribution >= 4 is 11.8 Å². The molecule has 0 aliphatic rings. The van der Waals surface area contributed by atoms with E-state index in [2.05, 4.69) is 0 Å². The minimum absolute atomic E-state index is 0.168. The second-order valence-electron chi connectivity index (χ2n) is 3.51. The van der Waals surface area contributed by atoms with Gasteiger partial charge >= 0.3 is 6.18 Å². The Morgan fingerprint density at radius 3 is 2.50 bits per heavy atom. The number of rotatable bonds is 4. The van der Waals surface area contributed by atoms with E-state index in [1.807, 2.05) is 6.92 Å². The fourth-order valence-electron chi connectivity index (χ4n) is 1.22. The molecule has 0 fully saturated rings. The molecular weight excluding hydrogens is 235 g/mol. The monoisotopic (exact) mass is 249 g/mol. The summed E-state index contributed by atoms with van der Waals surface area (Å²) in [5, 5.41) is 0.168. The predicted molar refractivity (Wildman–Crippen MR) is 61.3 cm³/mol. The average molecular weight is 249 g/mol. The van der Waals surface area contributed by atoms with Gasteiger partial charge in [0.2, 0.25) is 0 Å². The summed E-state index contributed by atoms with van der Waals surface area (Å²) >= 11 is 1.43. The molecule has 0 saturated heterocycles. The van der Waals surface area contributed by atoms with Gasteiger partial charge in [-0.3, -0.25) is 0 Å². The summed E-state index contributed by atoms with van der Waals surface area (Å²) in [4.78, 5) is 0. The Balaban J connectivity index is 2.80. The minimum atomic E-state index is -4.27. The van der Waals surface area contributed by atoms with Gasteiger partial charge < -0.3 is 5.73 Å². The number of halogens is 3. The van der Waals surface area contributed by atoms with Gasteiger partial charge in [-0.2, -0.15) is 24.9 Å². The highest BCUT2D eigenvalue weighted by atomic mass is 32.2. The Labute approximate surface area is 97.2 Å². The van der Waals surface area contributed by atoms with Crippen LogP contribution in [0.4, 0.5) is 13.2 Å². The summed E-state index contributed by atoms with van der Waals surface area (Å²) < 4.78 is 37.9. The van der Waals surface area contributed by atoms with Crippen LogP contribution in [0.2, 0.25) is 0 Å². The van der Waals surface area contributed by atoms with Crippen molar-refractivity contribution < 1.29 is 13.2 Å². The zero-order chi connectivity index (χ0) is 12.2. The van der Waals surface area contributed by atoms with Crippen LogP contribution in [0.5, 0.6) is 0 Å². The van der Waals surface area contributed by atoms with Gasteiger partial charge in [0.1, 0.15) is 0 Å². The second kappa shape index (κ2) is 5.59. The Morgan fingerprint density at radius 1 is 1.31 bits per heavy atom. The standard InChI is InChI=1S/C11H14F3NS/c1-8(6-15)16-7-9-4-2-3-5-10(9)11(12,13)14/h2-5,8H,6-7,15H2,1H3. The van der Waals surface area contributed by atoms with Crippen molar-refractivity contribution in [1.29, 1.82) is 0 Å². The third-order valence-electron chi connectivity index (χ3n) is 2.18. The Morgan fingerprint density at radius 2 is 1.94 bits per heavy atom. The van der Waals surface area contributed by atoms with Crippen LogP contribution in [0.1, 0.15) is 18.1 Å². The van der Waals surface area contributed by atoms with Crippen LogP contribution in [0.25, 0.3) is 0 Å². The molecule has 0 saturated carbocycles. The molecule has 0 bridgehead atoms. The van der Waals surface area contributed by atoms with Crippen molar-refractivity contribution in [3.63, 3.8) is 0 Å². The molecule has 0 amide bonds. The van der Waals surface area contributed by atoms with Crippen molar-refractivity contribution in [2.75, 3.05) is 6.54 Å². The maximum absolute atomic E-state index is 12.6. The Hall–Kier alpha value is -0.680. The highest BCUT2D eigenvalue weighted by Crippen LogP contribution is 2.33. The van der Waals surface area contributed by atoms with Crippen LogP contribution in [-0.2, 0) is 11.9 Å². The molecule has 0 heterocycles.